The van der Waals surface area contributed by atoms with Gasteiger partial charge in [0.1, 0.15) is 23.0 Å². The van der Waals surface area contributed by atoms with Gasteiger partial charge in [0.15, 0.2) is 46.5 Å². The van der Waals surface area contributed by atoms with Gasteiger partial charge in [-0.3, -0.25) is 0 Å². The molecule has 8 aromatic carbocycles. The summed E-state index contributed by atoms with van der Waals surface area (Å²) in [7, 11) is 0. The molecule has 0 saturated carbocycles. The maximum atomic E-state index is 14.2. The zero-order valence-corrected chi connectivity index (χ0v) is 58.1. The van der Waals surface area contributed by atoms with Crippen molar-refractivity contribution in [1.82, 2.24) is 0 Å². The van der Waals surface area contributed by atoms with Gasteiger partial charge in [0.2, 0.25) is 0 Å². The highest BCUT2D eigenvalue weighted by Crippen LogP contribution is 2.24. The minimum absolute atomic E-state index is 0.0722. The van der Waals surface area contributed by atoms with Gasteiger partial charge in [-0.05, 0) is 208 Å². The van der Waals surface area contributed by atoms with Crippen LogP contribution in [0.2, 0.25) is 0 Å². The zero-order chi connectivity index (χ0) is 70.9. The van der Waals surface area contributed by atoms with Crippen LogP contribution in [-0.2, 0) is 25.7 Å². The molecule has 516 valence electrons. The van der Waals surface area contributed by atoms with Crippen molar-refractivity contribution in [3.63, 3.8) is 0 Å². The third-order valence-electron chi connectivity index (χ3n) is 15.2. The Bertz CT molecular complexity index is 3970. The molecule has 0 unspecified atom stereocenters. The molecule has 0 atom stereocenters. The lowest BCUT2D eigenvalue weighted by atomic mass is 10.0. The lowest BCUT2D eigenvalue weighted by Gasteiger charge is -2.05. The van der Waals surface area contributed by atoms with Crippen molar-refractivity contribution in [2.75, 3.05) is 26.4 Å². The van der Waals surface area contributed by atoms with E-state index in [0.29, 0.717) is 74.4 Å². The summed E-state index contributed by atoms with van der Waals surface area (Å²) in [5, 5.41) is 0. The molecule has 8 aromatic rings. The van der Waals surface area contributed by atoms with Crippen LogP contribution in [0.4, 0.5) is 35.1 Å². The molecule has 0 heterocycles. The smallest absolute Gasteiger partial charge is 0.174 e. The Labute approximate surface area is 577 Å². The monoisotopic (exact) mass is 1340 g/mol. The predicted octanol–water partition coefficient (Wildman–Crippen LogP) is 22.8. The molecular formula is C86H92F8O4. The molecule has 0 aromatic heterocycles. The van der Waals surface area contributed by atoms with E-state index >= 15 is 0 Å². The molecule has 0 saturated heterocycles. The average Bonchev–Trinajstić information content (AvgIpc) is 0.936. The third kappa shape index (κ3) is 27.3. The van der Waals surface area contributed by atoms with Crippen LogP contribution in [-0.4, -0.2) is 26.4 Å². The number of ether oxygens (including phenoxy) is 4. The van der Waals surface area contributed by atoms with Crippen LogP contribution in [0.25, 0.3) is 0 Å². The van der Waals surface area contributed by atoms with Crippen molar-refractivity contribution < 1.29 is 54.1 Å². The summed E-state index contributed by atoms with van der Waals surface area (Å²) < 4.78 is 134. The second-order valence-electron chi connectivity index (χ2n) is 23.2. The summed E-state index contributed by atoms with van der Waals surface area (Å²) in [6.07, 6.45) is 16.0. The maximum absolute atomic E-state index is 14.2. The van der Waals surface area contributed by atoms with Crippen molar-refractivity contribution in [2.45, 2.75) is 171 Å². The number of halogens is 8. The first-order valence-electron chi connectivity index (χ1n) is 34.5. The van der Waals surface area contributed by atoms with Crippen LogP contribution < -0.4 is 18.9 Å². The summed E-state index contributed by atoms with van der Waals surface area (Å²) >= 11 is 0. The van der Waals surface area contributed by atoms with Gasteiger partial charge in [-0.1, -0.05) is 178 Å². The molecule has 0 spiro atoms. The van der Waals surface area contributed by atoms with Crippen molar-refractivity contribution in [3.05, 3.63) is 259 Å². The first kappa shape index (κ1) is 79.3. The van der Waals surface area contributed by atoms with E-state index in [0.717, 1.165) is 135 Å². The molecule has 8 rings (SSSR count). The number of hydrogen-bond donors (Lipinski definition) is 0. The van der Waals surface area contributed by atoms with Gasteiger partial charge in [0, 0.05) is 22.3 Å². The van der Waals surface area contributed by atoms with E-state index in [4.69, 9.17) is 18.9 Å². The standard InChI is InChI=1S/C23H26F2O.C22H24F2O.C21H22F2O.C20H20F2O/c1-3-5-7-8-19-13-14-20(23(25)22(19)24)12-9-18-10-15-21(16-11-18)26-17-6-4-2;1-3-5-7-18-12-13-19(22(24)21(18)23)11-8-17-9-14-20(15-10-17)25-16-6-4-2;1-3-5-15-24-19-13-8-16(9-14-19)7-10-18-12-11-17(6-4-2)20(22)21(18)23;1-3-5-14-23-18-12-7-15(8-13-18)6-9-17-11-10-16(4-2)19(21)20(17)22/h10-11,13-16H,3-8,17H2,1-2H3;9-10,12-15H,3-7,16H2,1-2H3;8-9,11-14H,3-6,15H2,1-2H3;7-8,10-13H,3-5,14H2,1-2H3. The van der Waals surface area contributed by atoms with Gasteiger partial charge in [-0.2, -0.15) is 0 Å². The fourth-order valence-corrected chi connectivity index (χ4v) is 9.23. The fourth-order valence-electron chi connectivity index (χ4n) is 9.23. The summed E-state index contributed by atoms with van der Waals surface area (Å²) in [4.78, 5) is 0. The van der Waals surface area contributed by atoms with Crippen LogP contribution in [0.1, 0.15) is 212 Å². The topological polar surface area (TPSA) is 36.9 Å². The van der Waals surface area contributed by atoms with E-state index in [-0.39, 0.29) is 22.3 Å². The number of hydrogen-bond acceptors (Lipinski definition) is 4. The Balaban J connectivity index is 0.000000236. The van der Waals surface area contributed by atoms with Crippen molar-refractivity contribution in [2.24, 2.45) is 0 Å². The normalized spacial score (nSPS) is 10.2. The molecule has 0 aliphatic rings. The highest BCUT2D eigenvalue weighted by Gasteiger charge is 2.15. The Hall–Kier alpha value is -9.36. The second kappa shape index (κ2) is 45.2. The molecule has 4 nitrogen and oxygen atoms in total. The van der Waals surface area contributed by atoms with E-state index in [9.17, 15) is 35.1 Å². The van der Waals surface area contributed by atoms with Crippen LogP contribution in [0.5, 0.6) is 23.0 Å². The number of rotatable bonds is 26. The quantitative estimate of drug-likeness (QED) is 0.0308. The lowest BCUT2D eigenvalue weighted by Crippen LogP contribution is -1.98. The molecule has 0 aliphatic heterocycles. The van der Waals surface area contributed by atoms with E-state index < -0.39 is 46.5 Å². The Morgan fingerprint density at radius 1 is 0.224 bits per heavy atom. The summed E-state index contributed by atoms with van der Waals surface area (Å²) in [6, 6.07) is 41.8. The van der Waals surface area contributed by atoms with E-state index in [1.807, 2.05) is 111 Å². The van der Waals surface area contributed by atoms with Gasteiger partial charge in [0.05, 0.1) is 48.7 Å². The van der Waals surface area contributed by atoms with E-state index in [1.165, 1.54) is 6.07 Å². The molecule has 12 heteroatoms. The first-order chi connectivity index (χ1) is 47.6. The highest BCUT2D eigenvalue weighted by atomic mass is 19.2. The molecule has 0 radical (unpaired) electrons. The highest BCUT2D eigenvalue weighted by molar-refractivity contribution is 5.50. The molecular weight excluding hydrogens is 1250 g/mol. The Kier molecular flexibility index (Phi) is 36.6. The van der Waals surface area contributed by atoms with Crippen molar-refractivity contribution in [1.29, 1.82) is 0 Å². The predicted molar refractivity (Wildman–Crippen MR) is 382 cm³/mol. The minimum Gasteiger partial charge on any atom is -0.494 e. The molecule has 0 bridgehead atoms. The van der Waals surface area contributed by atoms with Crippen LogP contribution in [0.15, 0.2) is 146 Å². The van der Waals surface area contributed by atoms with Gasteiger partial charge >= 0.3 is 0 Å². The Morgan fingerprint density at radius 2 is 0.469 bits per heavy atom. The molecule has 0 N–H and O–H groups in total. The first-order valence-corrected chi connectivity index (χ1v) is 34.5. The molecule has 0 amide bonds. The number of aryl methyl sites for hydroxylation is 4. The molecule has 98 heavy (non-hydrogen) atoms. The third-order valence-corrected chi connectivity index (χ3v) is 15.2. The van der Waals surface area contributed by atoms with Crippen LogP contribution in [0, 0.1) is 93.9 Å². The van der Waals surface area contributed by atoms with Crippen LogP contribution >= 0.6 is 0 Å². The molecule has 0 fully saturated rings. The van der Waals surface area contributed by atoms with Gasteiger partial charge < -0.3 is 18.9 Å². The number of benzene rings is 8. The second-order valence-corrected chi connectivity index (χ2v) is 23.2. The summed E-state index contributed by atoms with van der Waals surface area (Å²) in [5.41, 5.74) is 4.86. The van der Waals surface area contributed by atoms with Crippen molar-refractivity contribution >= 4 is 0 Å². The summed E-state index contributed by atoms with van der Waals surface area (Å²) in [5.74, 6) is 18.9. The largest absolute Gasteiger partial charge is 0.494 e. The van der Waals surface area contributed by atoms with Gasteiger partial charge in [-0.15, -0.1) is 0 Å². The Morgan fingerprint density at radius 3 is 0.724 bits per heavy atom. The SMILES string of the molecule is CCCCCc1ccc(C#Cc2ccc(OCCCC)cc2)c(F)c1F.CCCCOc1ccc(C#Cc2ccc(CC)c(F)c2F)cc1.CCCCOc1ccc(C#Cc2ccc(CCC)c(F)c2F)cc1.CCCCOc1ccc(C#Cc2ccc(CCCC)c(F)c2F)cc1. The van der Waals surface area contributed by atoms with E-state index in [1.54, 1.807) is 49.4 Å². The average molecular weight is 1340 g/mol. The number of unbranched alkanes of at least 4 members (excludes halogenated alkanes) is 7. The van der Waals surface area contributed by atoms with Crippen molar-refractivity contribution in [3.8, 4) is 70.4 Å². The fraction of sp³-hybridized carbons (Fsp3) is 0.349. The lowest BCUT2D eigenvalue weighted by molar-refractivity contribution is 0.309. The summed E-state index contributed by atoms with van der Waals surface area (Å²) in [6.45, 7) is 19.0. The van der Waals surface area contributed by atoms with Gasteiger partial charge in [0.25, 0.3) is 0 Å². The zero-order valence-electron chi connectivity index (χ0n) is 58.1. The van der Waals surface area contributed by atoms with Crippen LogP contribution in [0.3, 0.4) is 0 Å². The maximum Gasteiger partial charge on any atom is 0.174 e. The van der Waals surface area contributed by atoms with Gasteiger partial charge in [-0.25, -0.2) is 35.1 Å². The molecule has 0 aliphatic carbocycles. The minimum atomic E-state index is -0.878. The van der Waals surface area contributed by atoms with E-state index in [2.05, 4.69) is 82.0 Å².